The number of halogens is 3. The second-order valence-electron chi connectivity index (χ2n) is 12.4. The normalized spacial score (nSPS) is 23.3. The summed E-state index contributed by atoms with van der Waals surface area (Å²) in [6.45, 7) is 4.21. The predicted octanol–water partition coefficient (Wildman–Crippen LogP) is 6.55. The first kappa shape index (κ1) is 26.7. The lowest BCUT2D eigenvalue weighted by molar-refractivity contribution is 0.108. The molecule has 2 unspecified atom stereocenters. The van der Waals surface area contributed by atoms with E-state index in [2.05, 4.69) is 20.1 Å². The monoisotopic (exact) mass is 607 g/mol. The molecule has 10 heteroatoms. The van der Waals surface area contributed by atoms with Crippen LogP contribution in [-0.4, -0.2) is 70.4 Å². The number of aromatic nitrogens is 2. The van der Waals surface area contributed by atoms with Gasteiger partial charge in [-0.3, -0.25) is 4.90 Å². The summed E-state index contributed by atoms with van der Waals surface area (Å²) in [4.78, 5) is 14.4. The van der Waals surface area contributed by atoms with Crippen LogP contribution in [0.15, 0.2) is 36.4 Å². The maximum atomic E-state index is 16.9. The molecule has 4 fully saturated rings. The summed E-state index contributed by atoms with van der Waals surface area (Å²) < 4.78 is 23.2. The Balaban J connectivity index is 1.29. The number of fused-ring (bicyclic) bond motifs is 5. The molecule has 218 valence electrons. The summed E-state index contributed by atoms with van der Waals surface area (Å²) in [7, 11) is 0. The first-order valence-corrected chi connectivity index (χ1v) is 15.6. The van der Waals surface area contributed by atoms with Crippen molar-refractivity contribution in [2.24, 2.45) is 0 Å². The highest BCUT2D eigenvalue weighted by molar-refractivity contribution is 6.38. The van der Waals surface area contributed by atoms with Crippen molar-refractivity contribution >= 4 is 50.7 Å². The Morgan fingerprint density at radius 1 is 1.02 bits per heavy atom. The molecule has 0 spiro atoms. The molecule has 5 heterocycles. The minimum atomic E-state index is -0.586. The molecule has 2 N–H and O–H groups in total. The molecule has 42 heavy (non-hydrogen) atoms. The largest absolute Gasteiger partial charge is 0.508 e. The van der Waals surface area contributed by atoms with E-state index in [1.165, 1.54) is 6.07 Å². The zero-order valence-electron chi connectivity index (χ0n) is 23.2. The van der Waals surface area contributed by atoms with Crippen molar-refractivity contribution in [2.75, 3.05) is 37.7 Å². The van der Waals surface area contributed by atoms with Crippen molar-refractivity contribution < 1.29 is 14.2 Å². The first-order chi connectivity index (χ1) is 20.4. The minimum absolute atomic E-state index is 0.00374. The van der Waals surface area contributed by atoms with Gasteiger partial charge >= 0.3 is 6.01 Å². The number of anilines is 1. The average Bonchev–Trinajstić information content (AvgIpc) is 3.65. The zero-order chi connectivity index (χ0) is 28.6. The summed E-state index contributed by atoms with van der Waals surface area (Å²) in [6, 6.07) is 11.1. The highest BCUT2D eigenvalue weighted by atomic mass is 35.5. The van der Waals surface area contributed by atoms with Gasteiger partial charge in [0.15, 0.2) is 5.82 Å². The van der Waals surface area contributed by atoms with E-state index in [1.54, 1.807) is 24.3 Å². The zero-order valence-corrected chi connectivity index (χ0v) is 24.7. The van der Waals surface area contributed by atoms with Gasteiger partial charge in [0.25, 0.3) is 0 Å². The molecule has 1 aromatic heterocycles. The van der Waals surface area contributed by atoms with Gasteiger partial charge in [-0.2, -0.15) is 9.97 Å². The molecule has 4 aromatic rings. The molecule has 3 aromatic carbocycles. The molecule has 7 nitrogen and oxygen atoms in total. The number of aromatic hydroxyl groups is 1. The van der Waals surface area contributed by atoms with Crippen LogP contribution in [0.4, 0.5) is 10.2 Å². The Labute approximate surface area is 253 Å². The van der Waals surface area contributed by atoms with Crippen LogP contribution in [0.5, 0.6) is 11.8 Å². The van der Waals surface area contributed by atoms with Gasteiger partial charge in [-0.1, -0.05) is 35.3 Å². The molecule has 0 amide bonds. The Morgan fingerprint density at radius 2 is 1.79 bits per heavy atom. The van der Waals surface area contributed by atoms with E-state index in [-0.39, 0.29) is 33.4 Å². The summed E-state index contributed by atoms with van der Waals surface area (Å²) in [6.07, 6.45) is 6.72. The summed E-state index contributed by atoms with van der Waals surface area (Å²) in [5.74, 6) is 0.0557. The van der Waals surface area contributed by atoms with E-state index in [4.69, 9.17) is 32.9 Å². The number of nitrogens with one attached hydrogen (secondary N) is 1. The topological polar surface area (TPSA) is 73.8 Å². The quantitative estimate of drug-likeness (QED) is 0.266. The first-order valence-electron chi connectivity index (χ1n) is 14.9. The average molecular weight is 609 g/mol. The summed E-state index contributed by atoms with van der Waals surface area (Å²) >= 11 is 13.5. The van der Waals surface area contributed by atoms with Gasteiger partial charge < -0.3 is 20.1 Å². The Morgan fingerprint density at radius 3 is 2.55 bits per heavy atom. The number of ether oxygens (including phenoxy) is 1. The molecular weight excluding hydrogens is 576 g/mol. The van der Waals surface area contributed by atoms with Gasteiger partial charge in [-0.25, -0.2) is 4.39 Å². The molecule has 0 aliphatic carbocycles. The number of hydrogen-bond acceptors (Lipinski definition) is 7. The number of hydrogen-bond donors (Lipinski definition) is 2. The highest BCUT2D eigenvalue weighted by Gasteiger charge is 2.45. The van der Waals surface area contributed by atoms with Gasteiger partial charge in [0.1, 0.15) is 23.7 Å². The standard InChI is InChI=1S/C32H32Cl2FN5O2/c33-24-5-1-4-18-12-21(41)13-22(26(18)24)27-25(34)14-23-29(28(27)35)37-31(42-17-32-8-2-10-40(32)11-3-9-32)38-30(23)39-15-19-6-7-20(16-39)36-19/h1,4-5,12-14,19-20,36,41H,2-3,6-11,15-17H2. The van der Waals surface area contributed by atoms with Crippen molar-refractivity contribution in [1.82, 2.24) is 20.2 Å². The van der Waals surface area contributed by atoms with Crippen molar-refractivity contribution in [1.29, 1.82) is 0 Å². The molecular formula is C32H32Cl2FN5O2. The fraction of sp³-hybridized carbons (Fsp3) is 0.438. The fourth-order valence-corrected chi connectivity index (χ4v) is 8.48. The van der Waals surface area contributed by atoms with E-state index in [9.17, 15) is 5.11 Å². The predicted molar refractivity (Wildman–Crippen MR) is 165 cm³/mol. The molecule has 2 bridgehead atoms. The minimum Gasteiger partial charge on any atom is -0.508 e. The number of rotatable bonds is 5. The fourth-order valence-electron chi connectivity index (χ4n) is 7.91. The Hall–Kier alpha value is -2.91. The van der Waals surface area contributed by atoms with Crippen LogP contribution < -0.4 is 15.0 Å². The number of nitrogens with zero attached hydrogens (tertiary/aromatic N) is 4. The van der Waals surface area contributed by atoms with Crippen molar-refractivity contribution in [2.45, 2.75) is 56.1 Å². The number of phenols is 1. The van der Waals surface area contributed by atoms with Gasteiger partial charge in [0.2, 0.25) is 0 Å². The molecule has 4 aliphatic rings. The van der Waals surface area contributed by atoms with Gasteiger partial charge in [0, 0.05) is 46.5 Å². The lowest BCUT2D eigenvalue weighted by atomic mass is 9.95. The van der Waals surface area contributed by atoms with E-state index in [1.807, 2.05) is 6.07 Å². The molecule has 4 aliphatic heterocycles. The van der Waals surface area contributed by atoms with Crippen LogP contribution in [0.2, 0.25) is 10.0 Å². The lowest BCUT2D eigenvalue weighted by Gasteiger charge is -2.35. The second kappa shape index (κ2) is 10.1. The highest BCUT2D eigenvalue weighted by Crippen LogP contribution is 2.45. The number of piperazine rings is 1. The number of benzene rings is 3. The maximum absolute atomic E-state index is 16.9. The third-order valence-corrected chi connectivity index (χ3v) is 10.4. The summed E-state index contributed by atoms with van der Waals surface area (Å²) in [5, 5.41) is 16.7. The SMILES string of the molecule is Oc1cc(-c2c(Cl)cc3c(N4CC5CCC(C4)N5)nc(OCC45CCCN4CCC5)nc3c2F)c2c(Cl)cccc2c1. The third kappa shape index (κ3) is 4.29. The Kier molecular flexibility index (Phi) is 6.41. The molecule has 0 saturated carbocycles. The maximum Gasteiger partial charge on any atom is 0.319 e. The van der Waals surface area contributed by atoms with Crippen LogP contribution >= 0.6 is 23.2 Å². The van der Waals surface area contributed by atoms with Crippen molar-refractivity contribution in [3.63, 3.8) is 0 Å². The molecule has 8 rings (SSSR count). The lowest BCUT2D eigenvalue weighted by Crippen LogP contribution is -2.51. The smallest absolute Gasteiger partial charge is 0.319 e. The van der Waals surface area contributed by atoms with Gasteiger partial charge in [0.05, 0.1) is 10.6 Å². The van der Waals surface area contributed by atoms with Crippen molar-refractivity contribution in [3.05, 3.63) is 52.3 Å². The van der Waals surface area contributed by atoms with Crippen LogP contribution in [-0.2, 0) is 0 Å². The molecule has 4 saturated heterocycles. The van der Waals surface area contributed by atoms with E-state index < -0.39 is 5.82 Å². The van der Waals surface area contributed by atoms with Crippen LogP contribution in [0, 0.1) is 5.82 Å². The van der Waals surface area contributed by atoms with Crippen LogP contribution in [0.3, 0.4) is 0 Å². The van der Waals surface area contributed by atoms with Crippen LogP contribution in [0.1, 0.15) is 38.5 Å². The Bertz CT molecular complexity index is 1710. The summed E-state index contributed by atoms with van der Waals surface area (Å²) in [5.41, 5.74) is 0.712. The van der Waals surface area contributed by atoms with Gasteiger partial charge in [-0.05, 0) is 86.8 Å². The second-order valence-corrected chi connectivity index (χ2v) is 13.2. The number of phenolic OH excluding ortho intramolecular Hbond substituents is 1. The molecule has 2 atom stereocenters. The van der Waals surface area contributed by atoms with E-state index in [0.717, 1.165) is 64.7 Å². The molecule has 0 radical (unpaired) electrons. The van der Waals surface area contributed by atoms with E-state index >= 15 is 4.39 Å². The third-order valence-electron chi connectivity index (χ3n) is 9.82. The van der Waals surface area contributed by atoms with Gasteiger partial charge in [-0.15, -0.1) is 0 Å². The van der Waals surface area contributed by atoms with Crippen LogP contribution in [0.25, 0.3) is 32.8 Å². The van der Waals surface area contributed by atoms with E-state index in [0.29, 0.717) is 51.3 Å². The van der Waals surface area contributed by atoms with Crippen molar-refractivity contribution in [3.8, 4) is 22.9 Å².